The number of rotatable bonds is 4. The molecule has 2 rings (SSSR count). The third-order valence-electron chi connectivity index (χ3n) is 3.46. The summed E-state index contributed by atoms with van der Waals surface area (Å²) in [4.78, 5) is 12.7. The van der Waals surface area contributed by atoms with Gasteiger partial charge in [0.15, 0.2) is 0 Å². The van der Waals surface area contributed by atoms with Crippen LogP contribution < -0.4 is 14.8 Å². The molecule has 23 heavy (non-hydrogen) atoms. The predicted octanol–water partition coefficient (Wildman–Crippen LogP) is 3.55. The summed E-state index contributed by atoms with van der Waals surface area (Å²) < 4.78 is 15.7. The highest BCUT2D eigenvalue weighted by atomic mass is 16.5. The fourth-order valence-corrected chi connectivity index (χ4v) is 2.24. The van der Waals surface area contributed by atoms with Crippen molar-refractivity contribution in [1.82, 2.24) is 5.16 Å². The van der Waals surface area contributed by atoms with E-state index < -0.39 is 0 Å². The first-order chi connectivity index (χ1) is 10.8. The molecule has 1 N–H and O–H groups in total. The van der Waals surface area contributed by atoms with Crippen molar-refractivity contribution in [1.29, 1.82) is 0 Å². The SMILES string of the molecule is COc1ccc(NC(=O)c2c(C(C)(C)C)noc2C)c(OC)c1. The van der Waals surface area contributed by atoms with Crippen molar-refractivity contribution in [3.05, 3.63) is 35.2 Å². The van der Waals surface area contributed by atoms with E-state index in [0.717, 1.165) is 0 Å². The Balaban J connectivity index is 2.36. The van der Waals surface area contributed by atoms with Gasteiger partial charge in [0.25, 0.3) is 5.91 Å². The predicted molar refractivity (Wildman–Crippen MR) is 87.4 cm³/mol. The highest BCUT2D eigenvalue weighted by Gasteiger charge is 2.29. The van der Waals surface area contributed by atoms with E-state index in [1.165, 1.54) is 7.11 Å². The van der Waals surface area contributed by atoms with Gasteiger partial charge in [-0.1, -0.05) is 25.9 Å². The van der Waals surface area contributed by atoms with E-state index in [2.05, 4.69) is 10.5 Å². The maximum Gasteiger partial charge on any atom is 0.261 e. The van der Waals surface area contributed by atoms with E-state index in [4.69, 9.17) is 14.0 Å². The summed E-state index contributed by atoms with van der Waals surface area (Å²) in [6.07, 6.45) is 0. The number of amides is 1. The largest absolute Gasteiger partial charge is 0.497 e. The van der Waals surface area contributed by atoms with Gasteiger partial charge in [0.1, 0.15) is 28.5 Å². The summed E-state index contributed by atoms with van der Waals surface area (Å²) >= 11 is 0. The Labute approximate surface area is 135 Å². The minimum atomic E-state index is -0.297. The molecule has 0 aliphatic carbocycles. The number of anilines is 1. The third-order valence-corrected chi connectivity index (χ3v) is 3.46. The first kappa shape index (κ1) is 16.9. The summed E-state index contributed by atoms with van der Waals surface area (Å²) in [5, 5.41) is 6.88. The minimum Gasteiger partial charge on any atom is -0.497 e. The third kappa shape index (κ3) is 3.47. The van der Waals surface area contributed by atoms with E-state index in [1.54, 1.807) is 32.2 Å². The van der Waals surface area contributed by atoms with Crippen molar-refractivity contribution >= 4 is 11.6 Å². The van der Waals surface area contributed by atoms with Crippen molar-refractivity contribution in [3.8, 4) is 11.5 Å². The van der Waals surface area contributed by atoms with Crippen LogP contribution in [0.3, 0.4) is 0 Å². The zero-order chi connectivity index (χ0) is 17.2. The van der Waals surface area contributed by atoms with Gasteiger partial charge in [-0.3, -0.25) is 4.79 Å². The first-order valence-electron chi connectivity index (χ1n) is 7.28. The van der Waals surface area contributed by atoms with Gasteiger partial charge in [-0.25, -0.2) is 0 Å². The number of aryl methyl sites for hydroxylation is 1. The van der Waals surface area contributed by atoms with Crippen LogP contribution in [-0.2, 0) is 5.41 Å². The van der Waals surface area contributed by atoms with Crippen LogP contribution in [-0.4, -0.2) is 25.3 Å². The van der Waals surface area contributed by atoms with Crippen LogP contribution in [0, 0.1) is 6.92 Å². The van der Waals surface area contributed by atoms with Gasteiger partial charge < -0.3 is 19.3 Å². The molecule has 0 aliphatic rings. The second-order valence-electron chi connectivity index (χ2n) is 6.23. The lowest BCUT2D eigenvalue weighted by Gasteiger charge is -2.17. The molecule has 0 unspecified atom stereocenters. The standard InChI is InChI=1S/C17H22N2O4/c1-10-14(15(19-23-10)17(2,3)4)16(20)18-12-8-7-11(21-5)9-13(12)22-6/h7-9H,1-6H3,(H,18,20). The quantitative estimate of drug-likeness (QED) is 0.933. The van der Waals surface area contributed by atoms with E-state index in [0.29, 0.717) is 34.2 Å². The van der Waals surface area contributed by atoms with Crippen molar-refractivity contribution in [3.63, 3.8) is 0 Å². The lowest BCUT2D eigenvalue weighted by atomic mass is 9.88. The lowest BCUT2D eigenvalue weighted by Crippen LogP contribution is -2.21. The zero-order valence-corrected chi connectivity index (χ0v) is 14.3. The molecule has 1 aromatic heterocycles. The van der Waals surface area contributed by atoms with Gasteiger partial charge in [0, 0.05) is 11.5 Å². The first-order valence-corrected chi connectivity index (χ1v) is 7.28. The van der Waals surface area contributed by atoms with E-state index in [9.17, 15) is 4.79 Å². The second kappa shape index (κ2) is 6.32. The van der Waals surface area contributed by atoms with Crippen LogP contribution in [0.1, 0.15) is 42.6 Å². The molecule has 0 spiro atoms. The number of methoxy groups -OCH3 is 2. The molecule has 1 aromatic carbocycles. The van der Waals surface area contributed by atoms with Crippen LogP contribution in [0.2, 0.25) is 0 Å². The van der Waals surface area contributed by atoms with Crippen LogP contribution in [0.4, 0.5) is 5.69 Å². The molecule has 0 aliphatic heterocycles. The van der Waals surface area contributed by atoms with Gasteiger partial charge in [-0.05, 0) is 19.1 Å². The summed E-state index contributed by atoms with van der Waals surface area (Å²) in [5.41, 5.74) is 1.34. The van der Waals surface area contributed by atoms with Gasteiger partial charge in [-0.2, -0.15) is 0 Å². The summed E-state index contributed by atoms with van der Waals surface area (Å²) in [6, 6.07) is 5.19. The van der Waals surface area contributed by atoms with E-state index >= 15 is 0 Å². The zero-order valence-electron chi connectivity index (χ0n) is 14.3. The molecular weight excluding hydrogens is 296 g/mol. The molecule has 1 amide bonds. The monoisotopic (exact) mass is 318 g/mol. The molecule has 124 valence electrons. The average Bonchev–Trinajstić information content (AvgIpc) is 2.89. The smallest absolute Gasteiger partial charge is 0.261 e. The van der Waals surface area contributed by atoms with Gasteiger partial charge in [-0.15, -0.1) is 0 Å². The highest BCUT2D eigenvalue weighted by Crippen LogP contribution is 2.31. The Morgan fingerprint density at radius 2 is 1.91 bits per heavy atom. The Morgan fingerprint density at radius 1 is 1.22 bits per heavy atom. The molecule has 2 aromatic rings. The molecule has 6 heteroatoms. The Morgan fingerprint density at radius 3 is 2.48 bits per heavy atom. The highest BCUT2D eigenvalue weighted by molar-refractivity contribution is 6.06. The number of benzene rings is 1. The molecule has 1 heterocycles. The summed E-state index contributed by atoms with van der Waals surface area (Å²) in [6.45, 7) is 7.67. The summed E-state index contributed by atoms with van der Waals surface area (Å²) in [5.74, 6) is 1.37. The average molecular weight is 318 g/mol. The normalized spacial score (nSPS) is 11.2. The maximum absolute atomic E-state index is 12.7. The maximum atomic E-state index is 12.7. The van der Waals surface area contributed by atoms with Crippen molar-refractivity contribution in [2.45, 2.75) is 33.1 Å². The molecule has 0 atom stereocenters. The van der Waals surface area contributed by atoms with Crippen LogP contribution in [0.25, 0.3) is 0 Å². The van der Waals surface area contributed by atoms with Gasteiger partial charge in [0.05, 0.1) is 19.9 Å². The van der Waals surface area contributed by atoms with Crippen LogP contribution in [0.5, 0.6) is 11.5 Å². The molecule has 0 saturated heterocycles. The molecule has 0 radical (unpaired) electrons. The number of hydrogen-bond donors (Lipinski definition) is 1. The second-order valence-corrected chi connectivity index (χ2v) is 6.23. The molecule has 0 bridgehead atoms. The van der Waals surface area contributed by atoms with Crippen LogP contribution >= 0.6 is 0 Å². The molecule has 0 saturated carbocycles. The minimum absolute atomic E-state index is 0.280. The molecule has 6 nitrogen and oxygen atoms in total. The summed E-state index contributed by atoms with van der Waals surface area (Å²) in [7, 11) is 3.11. The Kier molecular flexibility index (Phi) is 4.63. The van der Waals surface area contributed by atoms with Gasteiger partial charge >= 0.3 is 0 Å². The number of aromatic nitrogens is 1. The Bertz CT molecular complexity index is 714. The number of carbonyl (C=O) groups is 1. The van der Waals surface area contributed by atoms with E-state index in [-0.39, 0.29) is 11.3 Å². The van der Waals surface area contributed by atoms with Crippen molar-refractivity contribution in [2.75, 3.05) is 19.5 Å². The lowest BCUT2D eigenvalue weighted by molar-refractivity contribution is 0.102. The topological polar surface area (TPSA) is 73.6 Å². The van der Waals surface area contributed by atoms with Gasteiger partial charge in [0.2, 0.25) is 0 Å². The fourth-order valence-electron chi connectivity index (χ4n) is 2.24. The Hall–Kier alpha value is -2.50. The number of ether oxygens (including phenoxy) is 2. The molecule has 0 fully saturated rings. The van der Waals surface area contributed by atoms with Crippen LogP contribution in [0.15, 0.2) is 22.7 Å². The van der Waals surface area contributed by atoms with E-state index in [1.807, 2.05) is 20.8 Å². The number of hydrogen-bond acceptors (Lipinski definition) is 5. The number of nitrogens with one attached hydrogen (secondary N) is 1. The number of carbonyl (C=O) groups excluding carboxylic acids is 1. The van der Waals surface area contributed by atoms with Crippen molar-refractivity contribution in [2.24, 2.45) is 0 Å². The fraction of sp³-hybridized carbons (Fsp3) is 0.412. The van der Waals surface area contributed by atoms with Crippen molar-refractivity contribution < 1.29 is 18.8 Å². The molecular formula is C17H22N2O4. The number of nitrogens with zero attached hydrogens (tertiary/aromatic N) is 1.